The Hall–Kier alpha value is -1.88. The van der Waals surface area contributed by atoms with Gasteiger partial charge in [0.25, 0.3) is 0 Å². The molecule has 1 N–H and O–H groups in total. The average Bonchev–Trinajstić information content (AvgIpc) is 2.89. The van der Waals surface area contributed by atoms with Crippen molar-refractivity contribution >= 4 is 6.01 Å². The Labute approximate surface area is 106 Å². The molecule has 1 fully saturated rings. The molecule has 2 heterocycles. The third kappa shape index (κ3) is 2.22. The van der Waals surface area contributed by atoms with Gasteiger partial charge >= 0.3 is 6.01 Å². The van der Waals surface area contributed by atoms with E-state index in [1.807, 2.05) is 12.1 Å². The van der Waals surface area contributed by atoms with Gasteiger partial charge in [-0.05, 0) is 19.1 Å². The lowest BCUT2D eigenvalue weighted by Crippen LogP contribution is -2.43. The number of anilines is 1. The van der Waals surface area contributed by atoms with Crippen LogP contribution < -0.4 is 10.2 Å². The normalized spacial score (nSPS) is 15.9. The predicted octanol–water partition coefficient (Wildman–Crippen LogP) is 1.45. The van der Waals surface area contributed by atoms with Gasteiger partial charge in [0.2, 0.25) is 5.89 Å². The molecule has 0 amide bonds. The van der Waals surface area contributed by atoms with Gasteiger partial charge in [-0.15, -0.1) is 5.10 Å². The lowest BCUT2D eigenvalue weighted by atomic mass is 10.1. The summed E-state index contributed by atoms with van der Waals surface area (Å²) in [5.41, 5.74) is 2.17. The van der Waals surface area contributed by atoms with E-state index in [0.29, 0.717) is 11.9 Å². The highest BCUT2D eigenvalue weighted by Gasteiger charge is 2.17. The smallest absolute Gasteiger partial charge is 0.318 e. The summed E-state index contributed by atoms with van der Waals surface area (Å²) in [5, 5.41) is 11.6. The topological polar surface area (TPSA) is 54.2 Å². The van der Waals surface area contributed by atoms with Crippen LogP contribution in [-0.4, -0.2) is 36.4 Å². The molecule has 0 unspecified atom stereocenters. The maximum atomic E-state index is 5.74. The highest BCUT2D eigenvalue weighted by molar-refractivity contribution is 5.54. The molecule has 3 rings (SSSR count). The molecular weight excluding hydrogens is 228 g/mol. The van der Waals surface area contributed by atoms with Gasteiger partial charge in [0.15, 0.2) is 0 Å². The van der Waals surface area contributed by atoms with Crippen LogP contribution in [0.3, 0.4) is 0 Å². The van der Waals surface area contributed by atoms with E-state index >= 15 is 0 Å². The van der Waals surface area contributed by atoms with Gasteiger partial charge in [-0.2, -0.15) is 0 Å². The van der Waals surface area contributed by atoms with Crippen LogP contribution in [0.25, 0.3) is 11.5 Å². The van der Waals surface area contributed by atoms with Crippen molar-refractivity contribution in [1.82, 2.24) is 15.5 Å². The van der Waals surface area contributed by atoms with E-state index < -0.39 is 0 Å². The Morgan fingerprint density at radius 2 is 2.06 bits per heavy atom. The minimum atomic E-state index is 0.590. The zero-order chi connectivity index (χ0) is 12.4. The van der Waals surface area contributed by atoms with Crippen molar-refractivity contribution in [3.63, 3.8) is 0 Å². The van der Waals surface area contributed by atoms with E-state index in [2.05, 4.69) is 39.5 Å². The number of hydrogen-bond acceptors (Lipinski definition) is 5. The third-order valence-corrected chi connectivity index (χ3v) is 3.07. The van der Waals surface area contributed by atoms with E-state index in [9.17, 15) is 0 Å². The fraction of sp³-hybridized carbons (Fsp3) is 0.385. The van der Waals surface area contributed by atoms with Gasteiger partial charge in [0.05, 0.1) is 0 Å². The number of nitrogens with zero attached hydrogens (tertiary/aromatic N) is 3. The molecule has 2 aromatic rings. The highest BCUT2D eigenvalue weighted by Crippen LogP contribution is 2.22. The molecule has 1 aliphatic heterocycles. The molecular formula is C13H16N4O. The number of piperazine rings is 1. The average molecular weight is 244 g/mol. The van der Waals surface area contributed by atoms with Crippen molar-refractivity contribution in [1.29, 1.82) is 0 Å². The summed E-state index contributed by atoms with van der Waals surface area (Å²) in [6.45, 7) is 5.80. The maximum absolute atomic E-state index is 5.74. The SMILES string of the molecule is Cc1cccc(-c2nnc(N3CCNCC3)o2)c1. The van der Waals surface area contributed by atoms with Gasteiger partial charge in [0.1, 0.15) is 0 Å². The molecule has 0 saturated carbocycles. The number of aryl methyl sites for hydroxylation is 1. The quantitative estimate of drug-likeness (QED) is 0.866. The molecule has 94 valence electrons. The summed E-state index contributed by atoms with van der Waals surface area (Å²) in [5.74, 6) is 0.590. The van der Waals surface area contributed by atoms with Crippen molar-refractivity contribution < 1.29 is 4.42 Å². The van der Waals surface area contributed by atoms with E-state index in [-0.39, 0.29) is 0 Å². The van der Waals surface area contributed by atoms with E-state index in [0.717, 1.165) is 31.7 Å². The van der Waals surface area contributed by atoms with E-state index in [1.54, 1.807) is 0 Å². The molecule has 0 radical (unpaired) electrons. The Morgan fingerprint density at radius 1 is 1.22 bits per heavy atom. The summed E-state index contributed by atoms with van der Waals surface area (Å²) in [7, 11) is 0. The number of aromatic nitrogens is 2. The minimum absolute atomic E-state index is 0.590. The van der Waals surface area contributed by atoms with Gasteiger partial charge in [-0.1, -0.05) is 22.8 Å². The van der Waals surface area contributed by atoms with Gasteiger partial charge in [-0.25, -0.2) is 0 Å². The first kappa shape index (κ1) is 11.2. The van der Waals surface area contributed by atoms with Crippen LogP contribution >= 0.6 is 0 Å². The molecule has 1 aromatic carbocycles. The molecule has 0 aliphatic carbocycles. The summed E-state index contributed by atoms with van der Waals surface area (Å²) in [4.78, 5) is 2.11. The van der Waals surface area contributed by atoms with Crippen molar-refractivity contribution in [2.75, 3.05) is 31.1 Å². The zero-order valence-corrected chi connectivity index (χ0v) is 10.4. The molecule has 0 bridgehead atoms. The second-order valence-corrected chi connectivity index (χ2v) is 4.50. The third-order valence-electron chi connectivity index (χ3n) is 3.07. The van der Waals surface area contributed by atoms with Crippen molar-refractivity contribution in [2.24, 2.45) is 0 Å². The summed E-state index contributed by atoms with van der Waals surface area (Å²) in [6, 6.07) is 8.71. The van der Waals surface area contributed by atoms with E-state index in [1.165, 1.54) is 5.56 Å². The lowest BCUT2D eigenvalue weighted by Gasteiger charge is -2.24. The molecule has 5 nitrogen and oxygen atoms in total. The highest BCUT2D eigenvalue weighted by atomic mass is 16.4. The summed E-state index contributed by atoms with van der Waals surface area (Å²) < 4.78 is 5.74. The Balaban J connectivity index is 1.84. The molecule has 0 spiro atoms. The molecule has 1 aromatic heterocycles. The Morgan fingerprint density at radius 3 is 2.83 bits per heavy atom. The Kier molecular flexibility index (Phi) is 2.98. The van der Waals surface area contributed by atoms with Crippen molar-refractivity contribution in [3.05, 3.63) is 29.8 Å². The molecule has 1 aliphatic rings. The second-order valence-electron chi connectivity index (χ2n) is 4.50. The van der Waals surface area contributed by atoms with Crippen LogP contribution in [0.4, 0.5) is 6.01 Å². The zero-order valence-electron chi connectivity index (χ0n) is 10.4. The number of nitrogens with one attached hydrogen (secondary N) is 1. The summed E-state index contributed by atoms with van der Waals surface area (Å²) in [6.07, 6.45) is 0. The summed E-state index contributed by atoms with van der Waals surface area (Å²) >= 11 is 0. The monoisotopic (exact) mass is 244 g/mol. The predicted molar refractivity (Wildman–Crippen MR) is 69.6 cm³/mol. The van der Waals surface area contributed by atoms with Crippen LogP contribution in [0, 0.1) is 6.92 Å². The van der Waals surface area contributed by atoms with Crippen molar-refractivity contribution in [2.45, 2.75) is 6.92 Å². The number of hydrogen-bond donors (Lipinski definition) is 1. The fourth-order valence-corrected chi connectivity index (χ4v) is 2.09. The second kappa shape index (κ2) is 4.78. The van der Waals surface area contributed by atoms with Gasteiger partial charge in [0, 0.05) is 31.7 Å². The first-order chi connectivity index (χ1) is 8.83. The molecule has 1 saturated heterocycles. The first-order valence-corrected chi connectivity index (χ1v) is 6.19. The largest absolute Gasteiger partial charge is 0.403 e. The molecule has 18 heavy (non-hydrogen) atoms. The van der Waals surface area contributed by atoms with Crippen LogP contribution in [0.1, 0.15) is 5.56 Å². The standard InChI is InChI=1S/C13H16N4O/c1-10-3-2-4-11(9-10)12-15-16-13(18-12)17-7-5-14-6-8-17/h2-4,9,14H,5-8H2,1H3. The first-order valence-electron chi connectivity index (χ1n) is 6.19. The number of rotatable bonds is 2. The molecule has 5 heteroatoms. The maximum Gasteiger partial charge on any atom is 0.318 e. The van der Waals surface area contributed by atoms with Crippen LogP contribution in [0.2, 0.25) is 0 Å². The van der Waals surface area contributed by atoms with Crippen molar-refractivity contribution in [3.8, 4) is 11.5 Å². The van der Waals surface area contributed by atoms with Gasteiger partial charge < -0.3 is 14.6 Å². The lowest BCUT2D eigenvalue weighted by molar-refractivity contribution is 0.505. The minimum Gasteiger partial charge on any atom is -0.403 e. The van der Waals surface area contributed by atoms with Crippen LogP contribution in [0.5, 0.6) is 0 Å². The van der Waals surface area contributed by atoms with Crippen LogP contribution in [0.15, 0.2) is 28.7 Å². The van der Waals surface area contributed by atoms with E-state index in [4.69, 9.17) is 4.42 Å². The van der Waals surface area contributed by atoms with Gasteiger partial charge in [-0.3, -0.25) is 0 Å². The number of benzene rings is 1. The fourth-order valence-electron chi connectivity index (χ4n) is 2.09. The Bertz CT molecular complexity index is 531. The van der Waals surface area contributed by atoms with Crippen LogP contribution in [-0.2, 0) is 0 Å². The molecule has 0 atom stereocenters.